The molecule has 2 aliphatic carbocycles. The van der Waals surface area contributed by atoms with Gasteiger partial charge in [-0.3, -0.25) is 4.79 Å². The third-order valence-electron chi connectivity index (χ3n) is 4.86. The summed E-state index contributed by atoms with van der Waals surface area (Å²) < 4.78 is 0. The van der Waals surface area contributed by atoms with E-state index in [2.05, 4.69) is 17.1 Å². The summed E-state index contributed by atoms with van der Waals surface area (Å²) in [6.07, 6.45) is 7.46. The fraction of sp³-hybridized carbons (Fsp3) is 0.933. The summed E-state index contributed by atoms with van der Waals surface area (Å²) in [6.45, 7) is 5.45. The van der Waals surface area contributed by atoms with Crippen LogP contribution in [-0.2, 0) is 4.79 Å². The quantitative estimate of drug-likeness (QED) is 0.809. The molecule has 3 aliphatic rings. The van der Waals surface area contributed by atoms with Crippen LogP contribution in [0.4, 0.5) is 0 Å². The van der Waals surface area contributed by atoms with E-state index in [0.29, 0.717) is 23.8 Å². The van der Waals surface area contributed by atoms with Gasteiger partial charge in [-0.2, -0.15) is 0 Å². The Kier molecular flexibility index (Phi) is 3.60. The van der Waals surface area contributed by atoms with Crippen LogP contribution < -0.4 is 5.32 Å². The Morgan fingerprint density at radius 3 is 2.61 bits per heavy atom. The molecule has 1 N–H and O–H groups in total. The molecular formula is C15H26N2O. The number of nitrogens with zero attached hydrogens (tertiary/aromatic N) is 1. The first-order valence-corrected chi connectivity index (χ1v) is 7.80. The second-order valence-corrected chi connectivity index (χ2v) is 6.47. The lowest BCUT2D eigenvalue weighted by molar-refractivity contribution is -0.134. The van der Waals surface area contributed by atoms with Gasteiger partial charge in [0.05, 0.1) is 0 Å². The van der Waals surface area contributed by atoms with Gasteiger partial charge in [0.2, 0.25) is 5.91 Å². The maximum Gasteiger partial charge on any atom is 0.225 e. The number of carbonyl (C=O) groups excluding carboxylic acids is 1. The molecule has 0 unspecified atom stereocenters. The summed E-state index contributed by atoms with van der Waals surface area (Å²) >= 11 is 0. The van der Waals surface area contributed by atoms with Crippen LogP contribution in [0.2, 0.25) is 0 Å². The average molecular weight is 250 g/mol. The van der Waals surface area contributed by atoms with E-state index in [1.807, 2.05) is 0 Å². The third kappa shape index (κ3) is 2.87. The molecule has 102 valence electrons. The van der Waals surface area contributed by atoms with Crippen LogP contribution in [0.15, 0.2) is 0 Å². The number of carbonyl (C=O) groups is 1. The van der Waals surface area contributed by atoms with Crippen LogP contribution in [-0.4, -0.2) is 36.5 Å². The molecule has 0 radical (unpaired) electrons. The predicted octanol–water partition coefficient (Wildman–Crippen LogP) is 2.02. The predicted molar refractivity (Wildman–Crippen MR) is 72.2 cm³/mol. The molecule has 2 saturated carbocycles. The van der Waals surface area contributed by atoms with Gasteiger partial charge >= 0.3 is 0 Å². The van der Waals surface area contributed by atoms with E-state index in [-0.39, 0.29) is 0 Å². The molecule has 2 atom stereocenters. The van der Waals surface area contributed by atoms with E-state index in [1.54, 1.807) is 0 Å². The summed E-state index contributed by atoms with van der Waals surface area (Å²) in [5, 5.41) is 3.75. The summed E-state index contributed by atoms with van der Waals surface area (Å²) in [4.78, 5) is 14.3. The second kappa shape index (κ2) is 5.20. The maximum absolute atomic E-state index is 12.1. The van der Waals surface area contributed by atoms with Gasteiger partial charge in [0.1, 0.15) is 0 Å². The largest absolute Gasteiger partial charge is 0.342 e. The van der Waals surface area contributed by atoms with E-state index in [1.165, 1.54) is 25.8 Å². The lowest BCUT2D eigenvalue weighted by Crippen LogP contribution is -2.51. The molecule has 1 amide bonds. The highest BCUT2D eigenvalue weighted by molar-refractivity contribution is 5.81. The van der Waals surface area contributed by atoms with Crippen LogP contribution in [0.5, 0.6) is 0 Å². The van der Waals surface area contributed by atoms with Crippen LogP contribution in [0, 0.1) is 17.8 Å². The lowest BCUT2D eigenvalue weighted by atomic mass is 9.89. The van der Waals surface area contributed by atoms with E-state index >= 15 is 0 Å². The van der Waals surface area contributed by atoms with Crippen LogP contribution in [0.25, 0.3) is 0 Å². The van der Waals surface area contributed by atoms with Crippen molar-refractivity contribution in [2.24, 2.45) is 17.8 Å². The van der Waals surface area contributed by atoms with Crippen molar-refractivity contribution in [1.29, 1.82) is 0 Å². The van der Waals surface area contributed by atoms with Gasteiger partial charge in [-0.05, 0) is 50.5 Å². The zero-order valence-electron chi connectivity index (χ0n) is 11.5. The molecular weight excluding hydrogens is 224 g/mol. The van der Waals surface area contributed by atoms with Crippen molar-refractivity contribution in [3.05, 3.63) is 0 Å². The highest BCUT2D eigenvalue weighted by Gasteiger charge is 2.37. The van der Waals surface area contributed by atoms with E-state index in [9.17, 15) is 4.79 Å². The number of nitrogens with one attached hydrogen (secondary N) is 1. The first-order valence-electron chi connectivity index (χ1n) is 7.80. The van der Waals surface area contributed by atoms with Crippen molar-refractivity contribution in [3.63, 3.8) is 0 Å². The topological polar surface area (TPSA) is 32.3 Å². The smallest absolute Gasteiger partial charge is 0.225 e. The van der Waals surface area contributed by atoms with Crippen molar-refractivity contribution in [3.8, 4) is 0 Å². The number of rotatable bonds is 5. The second-order valence-electron chi connectivity index (χ2n) is 6.47. The Morgan fingerprint density at radius 1 is 1.22 bits per heavy atom. The van der Waals surface area contributed by atoms with Crippen molar-refractivity contribution >= 4 is 5.91 Å². The Bertz CT molecular complexity index is 310. The maximum atomic E-state index is 12.1. The fourth-order valence-electron chi connectivity index (χ4n) is 3.14. The van der Waals surface area contributed by atoms with Crippen molar-refractivity contribution in [2.45, 2.75) is 51.5 Å². The Balaban J connectivity index is 1.50. The first kappa shape index (κ1) is 12.5. The van der Waals surface area contributed by atoms with Gasteiger partial charge in [-0.25, -0.2) is 0 Å². The molecule has 3 fully saturated rings. The summed E-state index contributed by atoms with van der Waals surface area (Å²) in [5.74, 6) is 2.45. The highest BCUT2D eigenvalue weighted by atomic mass is 16.2. The summed E-state index contributed by atoms with van der Waals surface area (Å²) in [7, 11) is 0. The first-order chi connectivity index (χ1) is 8.78. The molecule has 0 bridgehead atoms. The van der Waals surface area contributed by atoms with Crippen LogP contribution >= 0.6 is 0 Å². The van der Waals surface area contributed by atoms with Gasteiger partial charge in [-0.1, -0.05) is 13.3 Å². The van der Waals surface area contributed by atoms with Gasteiger partial charge in [0.25, 0.3) is 0 Å². The molecule has 1 aliphatic heterocycles. The van der Waals surface area contributed by atoms with Crippen molar-refractivity contribution in [2.75, 3.05) is 19.6 Å². The van der Waals surface area contributed by atoms with E-state index < -0.39 is 0 Å². The average Bonchev–Trinajstić information content (AvgIpc) is 3.28. The number of amides is 1. The van der Waals surface area contributed by atoms with Crippen molar-refractivity contribution in [1.82, 2.24) is 10.2 Å². The summed E-state index contributed by atoms with van der Waals surface area (Å²) in [5.41, 5.74) is 0. The van der Waals surface area contributed by atoms with Gasteiger partial charge in [0, 0.05) is 25.0 Å². The Hall–Kier alpha value is -0.570. The minimum absolute atomic E-state index is 0.387. The van der Waals surface area contributed by atoms with Gasteiger partial charge in [0.15, 0.2) is 0 Å². The zero-order chi connectivity index (χ0) is 12.5. The minimum atomic E-state index is 0.387. The molecule has 18 heavy (non-hydrogen) atoms. The van der Waals surface area contributed by atoms with Gasteiger partial charge < -0.3 is 10.2 Å². The van der Waals surface area contributed by atoms with Crippen molar-refractivity contribution < 1.29 is 4.79 Å². The molecule has 0 aromatic heterocycles. The fourth-order valence-corrected chi connectivity index (χ4v) is 3.14. The molecule has 1 saturated heterocycles. The Morgan fingerprint density at radius 2 is 2.00 bits per heavy atom. The number of hydrogen-bond acceptors (Lipinski definition) is 2. The minimum Gasteiger partial charge on any atom is -0.342 e. The third-order valence-corrected chi connectivity index (χ3v) is 4.86. The highest BCUT2D eigenvalue weighted by Crippen LogP contribution is 2.33. The van der Waals surface area contributed by atoms with Crippen LogP contribution in [0.1, 0.15) is 45.4 Å². The molecule has 3 heteroatoms. The van der Waals surface area contributed by atoms with E-state index in [0.717, 1.165) is 38.3 Å². The van der Waals surface area contributed by atoms with Crippen LogP contribution in [0.3, 0.4) is 0 Å². The summed E-state index contributed by atoms with van der Waals surface area (Å²) in [6, 6.07) is 0.652. The molecule has 0 aromatic carbocycles. The number of piperidine rings is 1. The monoisotopic (exact) mass is 250 g/mol. The standard InChI is InChI=1S/C15H26N2O/c1-2-12-10-17(15(18)13-5-6-13)8-7-14(12)16-9-11-3-4-11/h11-14,16H,2-10H2,1H3/t12-,14-/m1/s1. The number of hydrogen-bond donors (Lipinski definition) is 1. The normalized spacial score (nSPS) is 32.6. The Labute approximate surface area is 110 Å². The zero-order valence-corrected chi connectivity index (χ0v) is 11.5. The lowest BCUT2D eigenvalue weighted by Gasteiger charge is -2.39. The molecule has 0 aromatic rings. The molecule has 1 heterocycles. The number of likely N-dealkylation sites (tertiary alicyclic amines) is 1. The SMILES string of the molecule is CC[C@@H]1CN(C(=O)C2CC2)CC[C@H]1NCC1CC1. The molecule has 0 spiro atoms. The van der Waals surface area contributed by atoms with Gasteiger partial charge in [-0.15, -0.1) is 0 Å². The molecule has 3 rings (SSSR count). The van der Waals surface area contributed by atoms with E-state index in [4.69, 9.17) is 0 Å². The molecule has 3 nitrogen and oxygen atoms in total.